The number of benzene rings is 2. The number of aryl methyl sites for hydroxylation is 1. The Balaban J connectivity index is 1.43. The number of ether oxygens (including phenoxy) is 1. The Labute approximate surface area is 186 Å². The summed E-state index contributed by atoms with van der Waals surface area (Å²) in [5.41, 5.74) is 6.11. The molecule has 0 unspecified atom stereocenters. The molecule has 0 N–H and O–H groups in total. The van der Waals surface area contributed by atoms with Crippen LogP contribution in [-0.4, -0.2) is 27.0 Å². The lowest BCUT2D eigenvalue weighted by Crippen LogP contribution is -2.42. The maximum Gasteiger partial charge on any atom is 0.165 e. The van der Waals surface area contributed by atoms with Crippen LogP contribution in [0.15, 0.2) is 48.0 Å². The summed E-state index contributed by atoms with van der Waals surface area (Å²) in [6.45, 7) is 2.25. The predicted molar refractivity (Wildman–Crippen MR) is 127 cm³/mol. The van der Waals surface area contributed by atoms with Crippen LogP contribution in [0.3, 0.4) is 0 Å². The third-order valence-corrected chi connectivity index (χ3v) is 8.32. The van der Waals surface area contributed by atoms with E-state index in [-0.39, 0.29) is 5.41 Å². The predicted octanol–water partition coefficient (Wildman–Crippen LogP) is 5.88. The molecule has 0 aromatic heterocycles. The van der Waals surface area contributed by atoms with E-state index in [0.29, 0.717) is 23.5 Å². The average molecular weight is 416 g/mol. The maximum absolute atomic E-state index is 13.6. The van der Waals surface area contributed by atoms with Crippen LogP contribution in [0.4, 0.5) is 5.69 Å². The minimum absolute atomic E-state index is 0.194. The lowest BCUT2D eigenvalue weighted by atomic mass is 9.55. The topological polar surface area (TPSA) is 29.5 Å². The molecule has 0 bridgehead atoms. The van der Waals surface area contributed by atoms with Gasteiger partial charge < -0.3 is 9.64 Å². The number of fused-ring (bicyclic) bond motifs is 5. The van der Waals surface area contributed by atoms with Gasteiger partial charge in [0.15, 0.2) is 5.78 Å². The maximum atomic E-state index is 13.6. The third-order valence-electron chi connectivity index (χ3n) is 8.32. The number of allylic oxidation sites excluding steroid dienone is 1. The molecule has 0 saturated heterocycles. The first kappa shape index (κ1) is 20.4. The molecular formula is C28H33NO2. The fraction of sp³-hybridized carbons (Fsp3) is 0.464. The number of ketones is 1. The lowest BCUT2D eigenvalue weighted by molar-refractivity contribution is -0.127. The molecule has 3 aliphatic carbocycles. The second-order valence-corrected chi connectivity index (χ2v) is 10.1. The van der Waals surface area contributed by atoms with Crippen molar-refractivity contribution in [2.24, 2.45) is 17.3 Å². The van der Waals surface area contributed by atoms with Gasteiger partial charge in [-0.3, -0.25) is 4.79 Å². The van der Waals surface area contributed by atoms with Gasteiger partial charge in [-0.15, -0.1) is 0 Å². The summed E-state index contributed by atoms with van der Waals surface area (Å²) in [4.78, 5) is 15.7. The van der Waals surface area contributed by atoms with Gasteiger partial charge in [0.25, 0.3) is 0 Å². The molecule has 3 nitrogen and oxygen atoms in total. The number of nitrogens with zero attached hydrogens (tertiary/aromatic N) is 1. The zero-order chi connectivity index (χ0) is 21.8. The first-order valence-electron chi connectivity index (χ1n) is 11.6. The number of Topliss-reactive ketones (excluding diaryl/α,β-unsaturated/α-hetero) is 1. The smallest absolute Gasteiger partial charge is 0.165 e. The molecular weight excluding hydrogens is 382 g/mol. The van der Waals surface area contributed by atoms with Crippen LogP contribution in [0, 0.1) is 17.3 Å². The molecule has 2 fully saturated rings. The lowest BCUT2D eigenvalue weighted by Gasteiger charge is -2.48. The molecule has 5 rings (SSSR count). The minimum atomic E-state index is -0.194. The SMILES string of the molecule is COc1ccc2c(c1)CC[C@@H]1[C@@H]2CC[C@]2(C)C(=O)/C(=C/c3ccc(N(C)C)cc3)C[C@@H]12. The monoisotopic (exact) mass is 415 g/mol. The summed E-state index contributed by atoms with van der Waals surface area (Å²) in [5.74, 6) is 3.00. The Morgan fingerprint density at radius 1 is 1.10 bits per heavy atom. The van der Waals surface area contributed by atoms with Crippen LogP contribution in [-0.2, 0) is 11.2 Å². The molecule has 0 radical (unpaired) electrons. The van der Waals surface area contributed by atoms with Gasteiger partial charge in [0, 0.05) is 25.2 Å². The van der Waals surface area contributed by atoms with Crippen LogP contribution < -0.4 is 9.64 Å². The normalized spacial score (nSPS) is 30.5. The Morgan fingerprint density at radius 3 is 2.58 bits per heavy atom. The first-order chi connectivity index (χ1) is 14.9. The second kappa shape index (κ2) is 7.55. The summed E-state index contributed by atoms with van der Waals surface area (Å²) in [5, 5.41) is 0. The second-order valence-electron chi connectivity index (χ2n) is 10.1. The van der Waals surface area contributed by atoms with E-state index >= 15 is 0 Å². The largest absolute Gasteiger partial charge is 0.497 e. The average Bonchev–Trinajstić information content (AvgIpc) is 3.04. The first-order valence-corrected chi connectivity index (χ1v) is 11.6. The quantitative estimate of drug-likeness (QED) is 0.586. The van der Waals surface area contributed by atoms with Crippen molar-refractivity contribution >= 4 is 17.5 Å². The van der Waals surface area contributed by atoms with Gasteiger partial charge >= 0.3 is 0 Å². The van der Waals surface area contributed by atoms with Crippen molar-refractivity contribution < 1.29 is 9.53 Å². The molecule has 0 heterocycles. The van der Waals surface area contributed by atoms with Crippen molar-refractivity contribution in [1.29, 1.82) is 0 Å². The molecule has 2 aromatic carbocycles. The summed E-state index contributed by atoms with van der Waals surface area (Å²) in [6.07, 6.45) is 7.48. The van der Waals surface area contributed by atoms with Gasteiger partial charge in [-0.2, -0.15) is 0 Å². The highest BCUT2D eigenvalue weighted by Crippen LogP contribution is 2.60. The number of carbonyl (C=O) groups excluding carboxylic acids is 1. The van der Waals surface area contributed by atoms with Crippen LogP contribution in [0.25, 0.3) is 6.08 Å². The van der Waals surface area contributed by atoms with E-state index in [0.717, 1.165) is 42.6 Å². The molecule has 31 heavy (non-hydrogen) atoms. The van der Waals surface area contributed by atoms with E-state index in [4.69, 9.17) is 4.74 Å². The van der Waals surface area contributed by atoms with Crippen molar-refractivity contribution in [2.45, 2.75) is 44.9 Å². The number of methoxy groups -OCH3 is 1. The van der Waals surface area contributed by atoms with Crippen molar-refractivity contribution in [3.63, 3.8) is 0 Å². The summed E-state index contributed by atoms with van der Waals surface area (Å²) < 4.78 is 5.45. The Morgan fingerprint density at radius 2 is 1.87 bits per heavy atom. The number of anilines is 1. The Hall–Kier alpha value is -2.55. The zero-order valence-corrected chi connectivity index (χ0v) is 19.2. The Kier molecular flexibility index (Phi) is 4.96. The highest BCUT2D eigenvalue weighted by Gasteiger charge is 2.56. The number of hydrogen-bond donors (Lipinski definition) is 0. The summed E-state index contributed by atoms with van der Waals surface area (Å²) >= 11 is 0. The minimum Gasteiger partial charge on any atom is -0.497 e. The van der Waals surface area contributed by atoms with Gasteiger partial charge in [-0.1, -0.05) is 25.1 Å². The molecule has 162 valence electrons. The van der Waals surface area contributed by atoms with E-state index in [1.54, 1.807) is 7.11 Å². The molecule has 3 heteroatoms. The molecule has 3 aliphatic rings. The van der Waals surface area contributed by atoms with Crippen molar-refractivity contribution in [1.82, 2.24) is 0 Å². The molecule has 4 atom stereocenters. The molecule has 0 aliphatic heterocycles. The van der Waals surface area contributed by atoms with Crippen LogP contribution in [0.2, 0.25) is 0 Å². The zero-order valence-electron chi connectivity index (χ0n) is 19.2. The van der Waals surface area contributed by atoms with Gasteiger partial charge in [0.1, 0.15) is 5.75 Å². The molecule has 0 amide bonds. The fourth-order valence-corrected chi connectivity index (χ4v) is 6.56. The third kappa shape index (κ3) is 3.30. The summed E-state index contributed by atoms with van der Waals surface area (Å²) in [7, 11) is 5.84. The Bertz CT molecular complexity index is 1040. The van der Waals surface area contributed by atoms with Crippen molar-refractivity contribution in [3.8, 4) is 5.75 Å². The summed E-state index contributed by atoms with van der Waals surface area (Å²) in [6, 6.07) is 15.1. The fourth-order valence-electron chi connectivity index (χ4n) is 6.56. The van der Waals surface area contributed by atoms with E-state index in [1.165, 1.54) is 23.2 Å². The van der Waals surface area contributed by atoms with Gasteiger partial charge in [0.05, 0.1) is 7.11 Å². The number of rotatable bonds is 3. The van der Waals surface area contributed by atoms with Crippen LogP contribution >= 0.6 is 0 Å². The highest BCUT2D eigenvalue weighted by atomic mass is 16.5. The van der Waals surface area contributed by atoms with E-state index < -0.39 is 0 Å². The standard InChI is InChI=1S/C28H33NO2/c1-28-14-13-24-23-12-10-22(31-4)16-19(23)7-11-25(24)26(28)17-20(27(28)30)15-18-5-8-21(9-6-18)29(2)3/h5-6,8-10,12,15-16,24-26H,7,11,13-14,17H2,1-4H3/b20-15+/t24-,25-,26+,28+/m1/s1. The number of carbonyl (C=O) groups is 1. The number of hydrogen-bond acceptors (Lipinski definition) is 3. The van der Waals surface area contributed by atoms with E-state index in [2.05, 4.69) is 60.4 Å². The molecule has 0 spiro atoms. The van der Waals surface area contributed by atoms with Gasteiger partial charge in [0.2, 0.25) is 0 Å². The van der Waals surface area contributed by atoms with Crippen LogP contribution in [0.5, 0.6) is 5.75 Å². The molecule has 2 saturated carbocycles. The highest BCUT2D eigenvalue weighted by molar-refractivity contribution is 6.06. The van der Waals surface area contributed by atoms with E-state index in [1.807, 2.05) is 14.1 Å². The van der Waals surface area contributed by atoms with Crippen molar-refractivity contribution in [2.75, 3.05) is 26.1 Å². The van der Waals surface area contributed by atoms with Gasteiger partial charge in [-0.25, -0.2) is 0 Å². The molecule has 2 aromatic rings. The van der Waals surface area contributed by atoms with Crippen LogP contribution in [0.1, 0.15) is 55.2 Å². The van der Waals surface area contributed by atoms with Crippen molar-refractivity contribution in [3.05, 3.63) is 64.7 Å². The van der Waals surface area contributed by atoms with Gasteiger partial charge in [-0.05, 0) is 102 Å². The van der Waals surface area contributed by atoms with E-state index in [9.17, 15) is 4.79 Å².